The fourth-order valence-electron chi connectivity index (χ4n) is 2.92. The highest BCUT2D eigenvalue weighted by molar-refractivity contribution is 5.26. The van der Waals surface area contributed by atoms with E-state index in [1.807, 2.05) is 25.6 Å². The van der Waals surface area contributed by atoms with Crippen LogP contribution in [-0.2, 0) is 32.7 Å². The summed E-state index contributed by atoms with van der Waals surface area (Å²) in [6.07, 6.45) is -2.68. The van der Waals surface area contributed by atoms with Crippen LogP contribution in [0.5, 0.6) is 0 Å². The number of alkyl halides is 3. The maximum absolute atomic E-state index is 12.7. The standard InChI is InChI=1S/C15H18F3N5/c1-9-12(10(2)22(3)21-9)8-23-5-4-13-11(7-23)6-19-14(20-13)15(16,17)18/h6H,4-5,7-8H2,1-3H3. The average molecular weight is 325 g/mol. The van der Waals surface area contributed by atoms with Crippen molar-refractivity contribution in [2.45, 2.75) is 39.5 Å². The topological polar surface area (TPSA) is 46.8 Å². The number of hydrogen-bond donors (Lipinski definition) is 0. The van der Waals surface area contributed by atoms with E-state index in [2.05, 4.69) is 20.0 Å². The lowest BCUT2D eigenvalue weighted by atomic mass is 10.1. The zero-order valence-corrected chi connectivity index (χ0v) is 13.3. The molecule has 0 atom stereocenters. The first-order valence-electron chi connectivity index (χ1n) is 7.39. The van der Waals surface area contributed by atoms with Gasteiger partial charge < -0.3 is 0 Å². The molecule has 0 aliphatic carbocycles. The van der Waals surface area contributed by atoms with Crippen molar-refractivity contribution in [1.29, 1.82) is 0 Å². The summed E-state index contributed by atoms with van der Waals surface area (Å²) in [6.45, 7) is 5.95. The van der Waals surface area contributed by atoms with Crippen LogP contribution in [0.4, 0.5) is 13.2 Å². The van der Waals surface area contributed by atoms with Crippen molar-refractivity contribution in [1.82, 2.24) is 24.6 Å². The fraction of sp³-hybridized carbons (Fsp3) is 0.533. The fourth-order valence-corrected chi connectivity index (χ4v) is 2.92. The minimum Gasteiger partial charge on any atom is -0.294 e. The van der Waals surface area contributed by atoms with Crippen molar-refractivity contribution in [3.05, 3.63) is 40.2 Å². The first kappa shape index (κ1) is 15.9. The molecular weight excluding hydrogens is 307 g/mol. The van der Waals surface area contributed by atoms with Crippen LogP contribution < -0.4 is 0 Å². The van der Waals surface area contributed by atoms with E-state index in [1.54, 1.807) is 0 Å². The van der Waals surface area contributed by atoms with Gasteiger partial charge in [0.1, 0.15) is 0 Å². The van der Waals surface area contributed by atoms with E-state index in [-0.39, 0.29) is 0 Å². The predicted octanol–water partition coefficient (Wildman–Crippen LogP) is 2.40. The minimum absolute atomic E-state index is 0.499. The molecule has 3 rings (SSSR count). The third kappa shape index (κ3) is 3.08. The number of halogens is 3. The molecule has 0 N–H and O–H groups in total. The van der Waals surface area contributed by atoms with Gasteiger partial charge >= 0.3 is 6.18 Å². The normalized spacial score (nSPS) is 15.7. The van der Waals surface area contributed by atoms with Gasteiger partial charge in [-0.2, -0.15) is 18.3 Å². The van der Waals surface area contributed by atoms with Crippen LogP contribution in [0.25, 0.3) is 0 Å². The monoisotopic (exact) mass is 325 g/mol. The van der Waals surface area contributed by atoms with Gasteiger partial charge in [-0.1, -0.05) is 0 Å². The number of aromatic nitrogens is 4. The molecule has 0 unspecified atom stereocenters. The number of hydrogen-bond acceptors (Lipinski definition) is 4. The van der Waals surface area contributed by atoms with Crippen molar-refractivity contribution >= 4 is 0 Å². The maximum atomic E-state index is 12.7. The van der Waals surface area contributed by atoms with Gasteiger partial charge in [0.05, 0.1) is 11.4 Å². The molecule has 0 saturated heterocycles. The van der Waals surface area contributed by atoms with Crippen molar-refractivity contribution in [2.75, 3.05) is 6.54 Å². The van der Waals surface area contributed by atoms with Crippen molar-refractivity contribution in [3.63, 3.8) is 0 Å². The highest BCUT2D eigenvalue weighted by Crippen LogP contribution is 2.28. The minimum atomic E-state index is -4.49. The van der Waals surface area contributed by atoms with E-state index < -0.39 is 12.0 Å². The molecule has 0 radical (unpaired) electrons. The largest absolute Gasteiger partial charge is 0.451 e. The van der Waals surface area contributed by atoms with Gasteiger partial charge in [-0.3, -0.25) is 9.58 Å². The zero-order chi connectivity index (χ0) is 16.8. The van der Waals surface area contributed by atoms with Crippen LogP contribution in [0.1, 0.15) is 34.0 Å². The molecule has 8 heteroatoms. The summed E-state index contributed by atoms with van der Waals surface area (Å²) in [4.78, 5) is 9.34. The maximum Gasteiger partial charge on any atom is 0.451 e. The molecule has 0 aromatic carbocycles. The van der Waals surface area contributed by atoms with Gasteiger partial charge in [-0.15, -0.1) is 0 Å². The molecule has 0 saturated carbocycles. The third-order valence-electron chi connectivity index (χ3n) is 4.31. The number of rotatable bonds is 2. The lowest BCUT2D eigenvalue weighted by Crippen LogP contribution is -2.32. The van der Waals surface area contributed by atoms with Gasteiger partial charge in [0, 0.05) is 56.1 Å². The summed E-state index contributed by atoms with van der Waals surface area (Å²) in [5.41, 5.74) is 4.53. The molecule has 0 spiro atoms. The van der Waals surface area contributed by atoms with Crippen LogP contribution in [-0.4, -0.2) is 31.2 Å². The van der Waals surface area contributed by atoms with Crippen LogP contribution in [0, 0.1) is 13.8 Å². The van der Waals surface area contributed by atoms with E-state index in [9.17, 15) is 13.2 Å². The second-order valence-electron chi connectivity index (χ2n) is 5.90. The summed E-state index contributed by atoms with van der Waals surface area (Å²) < 4.78 is 39.9. The van der Waals surface area contributed by atoms with Gasteiger partial charge in [0.25, 0.3) is 0 Å². The molecule has 2 aromatic heterocycles. The SMILES string of the molecule is Cc1nn(C)c(C)c1CN1CCc2nc(C(F)(F)F)ncc2C1. The van der Waals surface area contributed by atoms with E-state index in [0.29, 0.717) is 25.2 Å². The van der Waals surface area contributed by atoms with Gasteiger partial charge in [-0.05, 0) is 13.8 Å². The molecule has 0 amide bonds. The summed E-state index contributed by atoms with van der Waals surface area (Å²) in [7, 11) is 1.91. The highest BCUT2D eigenvalue weighted by atomic mass is 19.4. The van der Waals surface area contributed by atoms with Crippen LogP contribution in [0.15, 0.2) is 6.20 Å². The number of aryl methyl sites for hydroxylation is 2. The predicted molar refractivity (Wildman–Crippen MR) is 77.5 cm³/mol. The first-order valence-corrected chi connectivity index (χ1v) is 7.39. The molecule has 5 nitrogen and oxygen atoms in total. The van der Waals surface area contributed by atoms with E-state index in [1.165, 1.54) is 11.8 Å². The Bertz CT molecular complexity index is 735. The summed E-state index contributed by atoms with van der Waals surface area (Å²) in [5, 5.41) is 4.40. The van der Waals surface area contributed by atoms with Crippen LogP contribution in [0.3, 0.4) is 0 Å². The molecule has 23 heavy (non-hydrogen) atoms. The summed E-state index contributed by atoms with van der Waals surface area (Å²) in [5.74, 6) is -1.05. The average Bonchev–Trinajstić information content (AvgIpc) is 2.72. The Morgan fingerprint density at radius 3 is 2.61 bits per heavy atom. The molecule has 124 valence electrons. The molecule has 0 bridgehead atoms. The highest BCUT2D eigenvalue weighted by Gasteiger charge is 2.35. The third-order valence-corrected chi connectivity index (χ3v) is 4.31. The van der Waals surface area contributed by atoms with Crippen molar-refractivity contribution < 1.29 is 13.2 Å². The second kappa shape index (κ2) is 5.59. The quantitative estimate of drug-likeness (QED) is 0.851. The Labute approximate surface area is 132 Å². The lowest BCUT2D eigenvalue weighted by molar-refractivity contribution is -0.145. The zero-order valence-electron chi connectivity index (χ0n) is 13.3. The van der Waals surface area contributed by atoms with E-state index >= 15 is 0 Å². The summed E-state index contributed by atoms with van der Waals surface area (Å²) in [6, 6.07) is 0. The molecule has 1 aliphatic heterocycles. The molecule has 3 heterocycles. The number of nitrogens with zero attached hydrogens (tertiary/aromatic N) is 5. The molecule has 1 aliphatic rings. The Balaban J connectivity index is 1.78. The molecule has 0 fully saturated rings. The van der Waals surface area contributed by atoms with Gasteiger partial charge in [0.15, 0.2) is 0 Å². The summed E-state index contributed by atoms with van der Waals surface area (Å²) >= 11 is 0. The Morgan fingerprint density at radius 2 is 2.00 bits per heavy atom. The Morgan fingerprint density at radius 1 is 1.26 bits per heavy atom. The van der Waals surface area contributed by atoms with Crippen molar-refractivity contribution in [2.24, 2.45) is 7.05 Å². The smallest absolute Gasteiger partial charge is 0.294 e. The Kier molecular flexibility index (Phi) is 3.87. The van der Waals surface area contributed by atoms with Crippen molar-refractivity contribution in [3.8, 4) is 0 Å². The first-order chi connectivity index (χ1) is 10.8. The van der Waals surface area contributed by atoms with E-state index in [0.717, 1.165) is 23.5 Å². The Hall–Kier alpha value is -1.96. The molecule has 2 aromatic rings. The van der Waals surface area contributed by atoms with Crippen LogP contribution in [0.2, 0.25) is 0 Å². The van der Waals surface area contributed by atoms with Gasteiger partial charge in [0.2, 0.25) is 5.82 Å². The second-order valence-corrected chi connectivity index (χ2v) is 5.90. The van der Waals surface area contributed by atoms with Gasteiger partial charge in [-0.25, -0.2) is 9.97 Å². The van der Waals surface area contributed by atoms with Crippen LogP contribution >= 0.6 is 0 Å². The lowest BCUT2D eigenvalue weighted by Gasteiger charge is -2.28. The molecular formula is C15H18F3N5. The van der Waals surface area contributed by atoms with E-state index in [4.69, 9.17) is 0 Å². The number of fused-ring (bicyclic) bond motifs is 1.